The van der Waals surface area contributed by atoms with Gasteiger partial charge in [-0.3, -0.25) is 14.6 Å². The van der Waals surface area contributed by atoms with Crippen molar-refractivity contribution in [1.29, 1.82) is 0 Å². The second-order valence-corrected chi connectivity index (χ2v) is 3.37. The summed E-state index contributed by atoms with van der Waals surface area (Å²) in [7, 11) is 0. The summed E-state index contributed by atoms with van der Waals surface area (Å²) in [5.74, 6) is -1.30. The summed E-state index contributed by atoms with van der Waals surface area (Å²) in [6.45, 7) is 0.991. The predicted molar refractivity (Wildman–Crippen MR) is 63.0 cm³/mol. The number of nitrogens with zero attached hydrogens (tertiary/aromatic N) is 1. The number of rotatable bonds is 5. The van der Waals surface area contributed by atoms with Crippen LogP contribution in [0.15, 0.2) is 24.4 Å². The predicted octanol–water partition coefficient (Wildman–Crippen LogP) is -1.18. The highest BCUT2D eigenvalue weighted by Crippen LogP contribution is 1.92. The molecule has 0 fully saturated rings. The Balaban J connectivity index is 2.22. The zero-order valence-electron chi connectivity index (χ0n) is 9.48. The zero-order chi connectivity index (χ0) is 12.5. The molecule has 1 aromatic heterocycles. The van der Waals surface area contributed by atoms with Gasteiger partial charge in [-0.15, -0.1) is 0 Å². The number of nitrogens with two attached hydrogens (primary N) is 1. The number of carbonyl (C=O) groups excluding carboxylic acids is 2. The van der Waals surface area contributed by atoms with Crippen LogP contribution in [0.2, 0.25) is 0 Å². The van der Waals surface area contributed by atoms with Crippen LogP contribution in [0.3, 0.4) is 0 Å². The summed E-state index contributed by atoms with van der Waals surface area (Å²) >= 11 is 0. The van der Waals surface area contributed by atoms with Crippen molar-refractivity contribution in [3.63, 3.8) is 0 Å². The maximum Gasteiger partial charge on any atom is 0.309 e. The van der Waals surface area contributed by atoms with Gasteiger partial charge in [0.1, 0.15) is 0 Å². The van der Waals surface area contributed by atoms with Crippen LogP contribution in [0.25, 0.3) is 0 Å². The van der Waals surface area contributed by atoms with E-state index in [1.165, 1.54) is 0 Å². The normalized spacial score (nSPS) is 9.71. The van der Waals surface area contributed by atoms with Crippen LogP contribution in [0.4, 0.5) is 0 Å². The van der Waals surface area contributed by atoms with Crippen molar-refractivity contribution in [3.05, 3.63) is 30.1 Å². The van der Waals surface area contributed by atoms with E-state index in [0.717, 1.165) is 5.69 Å². The second kappa shape index (κ2) is 7.34. The van der Waals surface area contributed by atoms with Crippen molar-refractivity contribution in [1.82, 2.24) is 15.6 Å². The number of amides is 2. The molecule has 6 heteroatoms. The molecule has 2 amide bonds. The molecule has 0 saturated heterocycles. The number of nitrogens with one attached hydrogen (secondary N) is 2. The third-order valence-electron chi connectivity index (χ3n) is 2.03. The lowest BCUT2D eigenvalue weighted by Gasteiger charge is -2.05. The molecule has 0 aliphatic heterocycles. The summed E-state index contributed by atoms with van der Waals surface area (Å²) in [4.78, 5) is 26.5. The number of aromatic nitrogens is 1. The summed E-state index contributed by atoms with van der Waals surface area (Å²) < 4.78 is 0. The van der Waals surface area contributed by atoms with Crippen molar-refractivity contribution in [2.24, 2.45) is 5.73 Å². The Morgan fingerprint density at radius 2 is 1.88 bits per heavy atom. The average Bonchev–Trinajstić information content (AvgIpc) is 2.37. The Hall–Kier alpha value is -1.95. The maximum absolute atomic E-state index is 11.3. The van der Waals surface area contributed by atoms with Crippen LogP contribution >= 0.6 is 0 Å². The van der Waals surface area contributed by atoms with Crippen molar-refractivity contribution >= 4 is 11.8 Å². The van der Waals surface area contributed by atoms with E-state index in [2.05, 4.69) is 15.6 Å². The van der Waals surface area contributed by atoms with E-state index in [1.54, 1.807) is 6.20 Å². The molecule has 0 aliphatic carbocycles. The minimum Gasteiger partial charge on any atom is -0.347 e. The number of pyridine rings is 1. The average molecular weight is 236 g/mol. The first-order valence-corrected chi connectivity index (χ1v) is 5.40. The van der Waals surface area contributed by atoms with Gasteiger partial charge < -0.3 is 16.4 Å². The van der Waals surface area contributed by atoms with Crippen molar-refractivity contribution < 1.29 is 9.59 Å². The first kappa shape index (κ1) is 13.1. The van der Waals surface area contributed by atoms with E-state index in [9.17, 15) is 9.59 Å². The molecule has 0 unspecified atom stereocenters. The molecule has 1 rings (SSSR count). The zero-order valence-corrected chi connectivity index (χ0v) is 9.48. The van der Waals surface area contributed by atoms with E-state index < -0.39 is 11.8 Å². The van der Waals surface area contributed by atoms with Gasteiger partial charge in [0.25, 0.3) is 0 Å². The van der Waals surface area contributed by atoms with Gasteiger partial charge in [0.05, 0.1) is 0 Å². The summed E-state index contributed by atoms with van der Waals surface area (Å²) in [6.07, 6.45) is 2.28. The number of carbonyl (C=O) groups is 2. The van der Waals surface area contributed by atoms with Crippen molar-refractivity contribution in [2.75, 3.05) is 19.6 Å². The van der Waals surface area contributed by atoms with Gasteiger partial charge in [0.2, 0.25) is 0 Å². The highest BCUT2D eigenvalue weighted by Gasteiger charge is 2.11. The van der Waals surface area contributed by atoms with Crippen molar-refractivity contribution in [3.8, 4) is 0 Å². The van der Waals surface area contributed by atoms with Crippen LogP contribution in [-0.4, -0.2) is 36.4 Å². The van der Waals surface area contributed by atoms with E-state index >= 15 is 0 Å². The molecule has 4 N–H and O–H groups in total. The fourth-order valence-electron chi connectivity index (χ4n) is 1.20. The molecule has 6 nitrogen and oxygen atoms in total. The van der Waals surface area contributed by atoms with E-state index in [0.29, 0.717) is 26.1 Å². The van der Waals surface area contributed by atoms with Gasteiger partial charge >= 0.3 is 11.8 Å². The quantitative estimate of drug-likeness (QED) is 0.560. The van der Waals surface area contributed by atoms with Crippen LogP contribution in [0.5, 0.6) is 0 Å². The highest BCUT2D eigenvalue weighted by molar-refractivity contribution is 6.35. The molecule has 1 aromatic rings. The van der Waals surface area contributed by atoms with E-state index in [1.807, 2.05) is 18.2 Å². The van der Waals surface area contributed by atoms with Gasteiger partial charge in [-0.05, 0) is 12.1 Å². The van der Waals surface area contributed by atoms with E-state index in [4.69, 9.17) is 5.73 Å². The molecule has 0 bridgehead atoms. The molecule has 92 valence electrons. The summed E-state index contributed by atoms with van der Waals surface area (Å²) in [6, 6.07) is 5.56. The lowest BCUT2D eigenvalue weighted by molar-refractivity contribution is -0.139. The Kier molecular flexibility index (Phi) is 5.67. The Morgan fingerprint density at radius 3 is 2.47 bits per heavy atom. The standard InChI is InChI=1S/C11H16N4O2/c12-5-8-15-11(17)10(16)14-7-4-9-3-1-2-6-13-9/h1-3,6H,4-5,7-8,12H2,(H,14,16)(H,15,17). The molecule has 0 atom stereocenters. The fraction of sp³-hybridized carbons (Fsp3) is 0.364. The topological polar surface area (TPSA) is 97.1 Å². The molecule has 0 aliphatic rings. The van der Waals surface area contributed by atoms with E-state index in [-0.39, 0.29) is 0 Å². The minimum atomic E-state index is -0.656. The minimum absolute atomic E-state index is 0.298. The lowest BCUT2D eigenvalue weighted by Crippen LogP contribution is -2.42. The van der Waals surface area contributed by atoms with Crippen LogP contribution in [0.1, 0.15) is 5.69 Å². The largest absolute Gasteiger partial charge is 0.347 e. The molecule has 0 radical (unpaired) electrons. The third-order valence-corrected chi connectivity index (χ3v) is 2.03. The van der Waals surface area contributed by atoms with Crippen LogP contribution in [-0.2, 0) is 16.0 Å². The molecular formula is C11H16N4O2. The summed E-state index contributed by atoms with van der Waals surface area (Å²) in [5, 5.41) is 4.90. The van der Waals surface area contributed by atoms with Gasteiger partial charge in [0.15, 0.2) is 0 Å². The van der Waals surface area contributed by atoms with Crippen LogP contribution in [0, 0.1) is 0 Å². The Morgan fingerprint density at radius 1 is 1.18 bits per heavy atom. The molecule has 1 heterocycles. The van der Waals surface area contributed by atoms with Crippen molar-refractivity contribution in [2.45, 2.75) is 6.42 Å². The second-order valence-electron chi connectivity index (χ2n) is 3.37. The van der Waals surface area contributed by atoms with Gasteiger partial charge in [-0.1, -0.05) is 6.07 Å². The Bertz CT molecular complexity index is 367. The smallest absolute Gasteiger partial charge is 0.309 e. The molecule has 0 saturated carbocycles. The number of hydrogen-bond acceptors (Lipinski definition) is 4. The summed E-state index contributed by atoms with van der Waals surface area (Å²) in [5.41, 5.74) is 6.07. The molecule has 0 aromatic carbocycles. The number of hydrogen-bond donors (Lipinski definition) is 3. The molecule has 0 spiro atoms. The van der Waals surface area contributed by atoms with Gasteiger partial charge in [-0.2, -0.15) is 0 Å². The highest BCUT2D eigenvalue weighted by atomic mass is 16.2. The monoisotopic (exact) mass is 236 g/mol. The first-order valence-electron chi connectivity index (χ1n) is 5.40. The lowest BCUT2D eigenvalue weighted by atomic mass is 10.3. The van der Waals surface area contributed by atoms with Gasteiger partial charge in [0, 0.05) is 37.9 Å². The third kappa shape index (κ3) is 5.07. The van der Waals surface area contributed by atoms with Gasteiger partial charge in [-0.25, -0.2) is 0 Å². The first-order chi connectivity index (χ1) is 8.24. The SMILES string of the molecule is NCCNC(=O)C(=O)NCCc1ccccn1. The fourth-order valence-corrected chi connectivity index (χ4v) is 1.20. The van der Waals surface area contributed by atoms with Crippen LogP contribution < -0.4 is 16.4 Å². The maximum atomic E-state index is 11.3. The Labute approximate surface area is 99.6 Å². The molecule has 17 heavy (non-hydrogen) atoms. The molecular weight excluding hydrogens is 220 g/mol.